The number of benzene rings is 1. The lowest BCUT2D eigenvalue weighted by Gasteiger charge is -2.03. The number of aromatic nitrogens is 1. The van der Waals surface area contributed by atoms with Crippen molar-refractivity contribution in [3.8, 4) is 5.75 Å². The number of nitrogens with one attached hydrogen (secondary N) is 1. The van der Waals surface area contributed by atoms with Crippen LogP contribution in [-0.2, 0) is 17.8 Å². The van der Waals surface area contributed by atoms with Crippen molar-refractivity contribution in [3.63, 3.8) is 0 Å². The van der Waals surface area contributed by atoms with E-state index >= 15 is 0 Å². The molecule has 4 nitrogen and oxygen atoms in total. The Hall–Kier alpha value is -1.88. The molecule has 0 unspecified atom stereocenters. The molecule has 0 aliphatic carbocycles. The maximum atomic E-state index is 11.2. The van der Waals surface area contributed by atoms with Gasteiger partial charge in [-0.15, -0.1) is 11.3 Å². The quantitative estimate of drug-likeness (QED) is 0.911. The number of likely N-dealkylation sites (N-methyl/N-ethyl adjacent to an activating group) is 1. The molecule has 1 aromatic heterocycles. The summed E-state index contributed by atoms with van der Waals surface area (Å²) in [4.78, 5) is 15.6. The number of carbonyl (C=O) groups is 1. The van der Waals surface area contributed by atoms with Crippen molar-refractivity contribution >= 4 is 17.2 Å². The summed E-state index contributed by atoms with van der Waals surface area (Å²) in [6, 6.07) is 7.89. The van der Waals surface area contributed by atoms with Gasteiger partial charge in [0, 0.05) is 12.4 Å². The van der Waals surface area contributed by atoms with Gasteiger partial charge in [0.25, 0.3) is 0 Å². The molecule has 100 valence electrons. The van der Waals surface area contributed by atoms with Crippen molar-refractivity contribution in [3.05, 3.63) is 45.9 Å². The van der Waals surface area contributed by atoms with Crippen LogP contribution in [0.4, 0.5) is 0 Å². The number of hydrogen-bond acceptors (Lipinski definition) is 4. The van der Waals surface area contributed by atoms with Gasteiger partial charge in [0.2, 0.25) is 5.91 Å². The number of rotatable bonds is 5. The SMILES string of the molecule is CNC(=O)Cc1csc(COc2ccc(C)cc2)n1. The standard InChI is InChI=1S/C14H16N2O2S/c1-10-3-5-12(6-4-10)18-8-14-16-11(9-19-14)7-13(17)15-2/h3-6,9H,7-8H2,1-2H3,(H,15,17). The zero-order chi connectivity index (χ0) is 13.7. The van der Waals surface area contributed by atoms with E-state index in [9.17, 15) is 4.79 Å². The van der Waals surface area contributed by atoms with Crippen LogP contribution < -0.4 is 10.1 Å². The van der Waals surface area contributed by atoms with E-state index in [1.807, 2.05) is 36.6 Å². The first-order valence-electron chi connectivity index (χ1n) is 6.00. The fourth-order valence-electron chi connectivity index (χ4n) is 1.53. The number of ether oxygens (including phenoxy) is 1. The van der Waals surface area contributed by atoms with Crippen LogP contribution in [-0.4, -0.2) is 17.9 Å². The van der Waals surface area contributed by atoms with Gasteiger partial charge in [-0.3, -0.25) is 4.79 Å². The number of amides is 1. The van der Waals surface area contributed by atoms with Crippen LogP contribution >= 0.6 is 11.3 Å². The number of carbonyl (C=O) groups excluding carboxylic acids is 1. The third-order valence-electron chi connectivity index (χ3n) is 2.60. The molecule has 0 fully saturated rings. The molecule has 0 saturated heterocycles. The first-order chi connectivity index (χ1) is 9.17. The average Bonchev–Trinajstić information content (AvgIpc) is 2.85. The largest absolute Gasteiger partial charge is 0.486 e. The summed E-state index contributed by atoms with van der Waals surface area (Å²) < 4.78 is 5.64. The van der Waals surface area contributed by atoms with Gasteiger partial charge in [-0.1, -0.05) is 17.7 Å². The highest BCUT2D eigenvalue weighted by Crippen LogP contribution is 2.16. The Labute approximate surface area is 116 Å². The van der Waals surface area contributed by atoms with Gasteiger partial charge < -0.3 is 10.1 Å². The minimum absolute atomic E-state index is 0.0312. The molecule has 1 aromatic carbocycles. The number of aryl methyl sites for hydroxylation is 1. The number of thiazole rings is 1. The fourth-order valence-corrected chi connectivity index (χ4v) is 2.23. The molecule has 0 aliphatic rings. The molecule has 1 amide bonds. The van der Waals surface area contributed by atoms with E-state index in [1.54, 1.807) is 7.05 Å². The van der Waals surface area contributed by atoms with Crippen molar-refractivity contribution in [1.82, 2.24) is 10.3 Å². The van der Waals surface area contributed by atoms with Crippen molar-refractivity contribution in [2.75, 3.05) is 7.05 Å². The summed E-state index contributed by atoms with van der Waals surface area (Å²) in [6.07, 6.45) is 0.317. The Bertz CT molecular complexity index is 549. The minimum Gasteiger partial charge on any atom is -0.486 e. The van der Waals surface area contributed by atoms with E-state index in [4.69, 9.17) is 4.74 Å². The Balaban J connectivity index is 1.89. The maximum absolute atomic E-state index is 11.2. The zero-order valence-corrected chi connectivity index (χ0v) is 11.8. The van der Waals surface area contributed by atoms with Gasteiger partial charge in [-0.05, 0) is 19.1 Å². The van der Waals surface area contributed by atoms with Crippen LogP contribution in [0, 0.1) is 6.92 Å². The third-order valence-corrected chi connectivity index (χ3v) is 3.47. The van der Waals surface area contributed by atoms with Gasteiger partial charge in [-0.25, -0.2) is 4.98 Å². The highest BCUT2D eigenvalue weighted by atomic mass is 32.1. The van der Waals surface area contributed by atoms with Crippen LogP contribution in [0.25, 0.3) is 0 Å². The second-order valence-corrected chi connectivity index (χ2v) is 5.13. The van der Waals surface area contributed by atoms with E-state index in [2.05, 4.69) is 10.3 Å². The molecule has 2 rings (SSSR count). The fraction of sp³-hybridized carbons (Fsp3) is 0.286. The third kappa shape index (κ3) is 4.06. The molecular weight excluding hydrogens is 260 g/mol. The van der Waals surface area contributed by atoms with Crippen molar-refractivity contribution < 1.29 is 9.53 Å². The van der Waals surface area contributed by atoms with Crippen molar-refractivity contribution in [1.29, 1.82) is 0 Å². The summed E-state index contributed by atoms with van der Waals surface area (Å²) >= 11 is 1.51. The second-order valence-electron chi connectivity index (χ2n) is 4.18. The lowest BCUT2D eigenvalue weighted by atomic mass is 10.2. The van der Waals surface area contributed by atoms with Crippen LogP contribution in [0.2, 0.25) is 0 Å². The molecule has 1 heterocycles. The highest BCUT2D eigenvalue weighted by molar-refractivity contribution is 7.09. The summed E-state index contributed by atoms with van der Waals surface area (Å²) in [6.45, 7) is 2.47. The highest BCUT2D eigenvalue weighted by Gasteiger charge is 2.06. The predicted molar refractivity (Wildman–Crippen MR) is 75.4 cm³/mol. The van der Waals surface area contributed by atoms with E-state index in [0.29, 0.717) is 13.0 Å². The molecule has 0 aliphatic heterocycles. The van der Waals surface area contributed by atoms with Gasteiger partial charge in [-0.2, -0.15) is 0 Å². The molecule has 0 bridgehead atoms. The van der Waals surface area contributed by atoms with Crippen molar-refractivity contribution in [2.24, 2.45) is 0 Å². The summed E-state index contributed by atoms with van der Waals surface area (Å²) in [7, 11) is 1.62. The normalized spacial score (nSPS) is 10.2. The van der Waals surface area contributed by atoms with Crippen LogP contribution in [0.3, 0.4) is 0 Å². The average molecular weight is 276 g/mol. The van der Waals surface area contributed by atoms with Gasteiger partial charge in [0.1, 0.15) is 17.4 Å². The monoisotopic (exact) mass is 276 g/mol. The topological polar surface area (TPSA) is 51.2 Å². The van der Waals surface area contributed by atoms with Gasteiger partial charge >= 0.3 is 0 Å². The molecule has 0 atom stereocenters. The molecule has 19 heavy (non-hydrogen) atoms. The minimum atomic E-state index is -0.0312. The van der Waals surface area contributed by atoms with Gasteiger partial charge in [0.05, 0.1) is 12.1 Å². The van der Waals surface area contributed by atoms with E-state index in [1.165, 1.54) is 16.9 Å². The summed E-state index contributed by atoms with van der Waals surface area (Å²) in [5.41, 5.74) is 1.99. The zero-order valence-electron chi connectivity index (χ0n) is 11.0. The van der Waals surface area contributed by atoms with E-state index < -0.39 is 0 Å². The molecule has 1 N–H and O–H groups in total. The first-order valence-corrected chi connectivity index (χ1v) is 6.88. The van der Waals surface area contributed by atoms with Crippen molar-refractivity contribution in [2.45, 2.75) is 20.0 Å². The van der Waals surface area contributed by atoms with Crippen LogP contribution in [0.1, 0.15) is 16.3 Å². The molecular formula is C14H16N2O2S. The van der Waals surface area contributed by atoms with Crippen LogP contribution in [0.15, 0.2) is 29.6 Å². The Morgan fingerprint density at radius 2 is 2.11 bits per heavy atom. The predicted octanol–water partition coefficient (Wildman–Crippen LogP) is 2.32. The molecule has 2 aromatic rings. The summed E-state index contributed by atoms with van der Waals surface area (Å²) in [5.74, 6) is 0.796. The Morgan fingerprint density at radius 1 is 1.37 bits per heavy atom. The van der Waals surface area contributed by atoms with Gasteiger partial charge in [0.15, 0.2) is 0 Å². The number of hydrogen-bond donors (Lipinski definition) is 1. The Kier molecular flexibility index (Phi) is 4.52. The van der Waals surface area contributed by atoms with E-state index in [0.717, 1.165) is 16.5 Å². The maximum Gasteiger partial charge on any atom is 0.225 e. The Morgan fingerprint density at radius 3 is 2.79 bits per heavy atom. The molecule has 0 spiro atoms. The smallest absolute Gasteiger partial charge is 0.225 e. The molecule has 0 radical (unpaired) electrons. The first kappa shape index (κ1) is 13.5. The second kappa shape index (κ2) is 6.33. The van der Waals surface area contributed by atoms with E-state index in [-0.39, 0.29) is 5.91 Å². The lowest BCUT2D eigenvalue weighted by molar-refractivity contribution is -0.120. The lowest BCUT2D eigenvalue weighted by Crippen LogP contribution is -2.20. The van der Waals surface area contributed by atoms with Crippen LogP contribution in [0.5, 0.6) is 5.75 Å². The molecule has 5 heteroatoms. The molecule has 0 saturated carbocycles. The summed E-state index contributed by atoms with van der Waals surface area (Å²) in [5, 5.41) is 5.35. The number of nitrogens with zero attached hydrogens (tertiary/aromatic N) is 1.